The average molecular weight is 312 g/mol. The summed E-state index contributed by atoms with van der Waals surface area (Å²) in [6.45, 7) is 9.21. The summed E-state index contributed by atoms with van der Waals surface area (Å²) in [5.74, 6) is 0.318. The molecule has 0 saturated heterocycles. The third-order valence-corrected chi connectivity index (χ3v) is 4.32. The molecule has 0 aliphatic carbocycles. The quantitative estimate of drug-likeness (QED) is 0.672. The summed E-state index contributed by atoms with van der Waals surface area (Å²) in [5, 5.41) is 9.61. The fourth-order valence-electron chi connectivity index (χ4n) is 3.05. The molecule has 0 amide bonds. The van der Waals surface area contributed by atoms with Crippen molar-refractivity contribution in [3.63, 3.8) is 0 Å². The predicted octanol–water partition coefficient (Wildman–Crippen LogP) is 5.65. The van der Waals surface area contributed by atoms with Gasteiger partial charge in [0.1, 0.15) is 5.75 Å². The zero-order valence-electron chi connectivity index (χ0n) is 14.3. The van der Waals surface area contributed by atoms with Gasteiger partial charge in [-0.2, -0.15) is 0 Å². The molecule has 0 bridgehead atoms. The molecule has 1 aliphatic rings. The second-order valence-electron chi connectivity index (χ2n) is 6.12. The summed E-state index contributed by atoms with van der Waals surface area (Å²) in [7, 11) is 0. The van der Waals surface area contributed by atoms with Gasteiger partial charge in [0.25, 0.3) is 0 Å². The van der Waals surface area contributed by atoms with Crippen molar-refractivity contribution in [2.45, 2.75) is 52.1 Å². The van der Waals surface area contributed by atoms with E-state index in [1.807, 2.05) is 18.2 Å². The van der Waals surface area contributed by atoms with Crippen molar-refractivity contribution in [3.8, 4) is 5.75 Å². The highest BCUT2D eigenvalue weighted by molar-refractivity contribution is 5.54. The lowest BCUT2D eigenvalue weighted by molar-refractivity contribution is 0.116. The van der Waals surface area contributed by atoms with Gasteiger partial charge in [0, 0.05) is 0 Å². The number of phenolic OH excluding ortho intramolecular Hbond substituents is 1. The number of rotatable bonds is 8. The maximum Gasteiger partial charge on any atom is 0.116 e. The monoisotopic (exact) mass is 312 g/mol. The maximum absolute atomic E-state index is 9.61. The van der Waals surface area contributed by atoms with Crippen LogP contribution in [0.4, 0.5) is 0 Å². The Hall–Kier alpha value is -1.80. The van der Waals surface area contributed by atoms with Crippen molar-refractivity contribution in [2.24, 2.45) is 0 Å². The van der Waals surface area contributed by atoms with E-state index in [-0.39, 0.29) is 6.10 Å². The molecule has 1 unspecified atom stereocenters. The van der Waals surface area contributed by atoms with Crippen molar-refractivity contribution in [2.75, 3.05) is 6.61 Å². The standard InChI is InChI=1S/C21H28O2/c1-4-7-17(14-18-8-6-9-19(22)15-18)10-11-21-20(12-13-23-21)16(3)5-2/h6,8-9,12,14-15,21-22H,3-5,7,10-11,13H2,1-2H3/b17-14+. The number of phenols is 1. The number of allylic oxidation sites excluding steroid dienone is 1. The Morgan fingerprint density at radius 1 is 1.35 bits per heavy atom. The lowest BCUT2D eigenvalue weighted by atomic mass is 9.94. The Labute approximate surface area is 140 Å². The summed E-state index contributed by atoms with van der Waals surface area (Å²) >= 11 is 0. The first-order valence-corrected chi connectivity index (χ1v) is 8.62. The third-order valence-electron chi connectivity index (χ3n) is 4.32. The first-order chi connectivity index (χ1) is 11.1. The van der Waals surface area contributed by atoms with Gasteiger partial charge >= 0.3 is 0 Å². The van der Waals surface area contributed by atoms with Crippen molar-refractivity contribution in [1.29, 1.82) is 0 Å². The lowest BCUT2D eigenvalue weighted by Gasteiger charge is -2.17. The summed E-state index contributed by atoms with van der Waals surface area (Å²) in [6, 6.07) is 7.44. The molecule has 1 aromatic carbocycles. The maximum atomic E-state index is 9.61. The molecular weight excluding hydrogens is 284 g/mol. The SMILES string of the molecule is C=C(CC)C1=CCOC1CC/C(=C/c1cccc(O)c1)CCC. The van der Waals surface area contributed by atoms with Crippen LogP contribution in [0.15, 0.2) is 53.6 Å². The van der Waals surface area contributed by atoms with Gasteiger partial charge in [0.2, 0.25) is 0 Å². The zero-order chi connectivity index (χ0) is 16.7. The Morgan fingerprint density at radius 3 is 2.87 bits per heavy atom. The minimum Gasteiger partial charge on any atom is -0.508 e. The average Bonchev–Trinajstić information content (AvgIpc) is 3.00. The van der Waals surface area contributed by atoms with E-state index in [0.29, 0.717) is 12.4 Å². The molecule has 23 heavy (non-hydrogen) atoms. The highest BCUT2D eigenvalue weighted by Crippen LogP contribution is 2.29. The second-order valence-corrected chi connectivity index (χ2v) is 6.12. The molecule has 1 aliphatic heterocycles. The topological polar surface area (TPSA) is 29.5 Å². The molecule has 1 N–H and O–H groups in total. The molecule has 2 nitrogen and oxygen atoms in total. The summed E-state index contributed by atoms with van der Waals surface area (Å²) in [4.78, 5) is 0. The van der Waals surface area contributed by atoms with Crippen LogP contribution in [0.5, 0.6) is 5.75 Å². The van der Waals surface area contributed by atoms with E-state index < -0.39 is 0 Å². The lowest BCUT2D eigenvalue weighted by Crippen LogP contribution is -2.11. The smallest absolute Gasteiger partial charge is 0.116 e. The summed E-state index contributed by atoms with van der Waals surface area (Å²) < 4.78 is 5.87. The fourth-order valence-corrected chi connectivity index (χ4v) is 3.05. The van der Waals surface area contributed by atoms with Crippen molar-refractivity contribution >= 4 is 6.08 Å². The highest BCUT2D eigenvalue weighted by Gasteiger charge is 2.21. The molecule has 0 saturated carbocycles. The second kappa shape index (κ2) is 8.73. The van der Waals surface area contributed by atoms with Gasteiger partial charge < -0.3 is 9.84 Å². The van der Waals surface area contributed by atoms with Crippen LogP contribution in [0.1, 0.15) is 51.5 Å². The van der Waals surface area contributed by atoms with Gasteiger partial charge in [0.05, 0.1) is 12.7 Å². The number of ether oxygens (including phenoxy) is 1. The first-order valence-electron chi connectivity index (χ1n) is 8.62. The molecule has 2 rings (SSSR count). The first kappa shape index (κ1) is 17.6. The third kappa shape index (κ3) is 5.11. The van der Waals surface area contributed by atoms with Crippen molar-refractivity contribution < 1.29 is 9.84 Å². The van der Waals surface area contributed by atoms with E-state index in [1.165, 1.54) is 16.7 Å². The summed E-state index contributed by atoms with van der Waals surface area (Å²) in [6.07, 6.45) is 9.76. The largest absolute Gasteiger partial charge is 0.508 e. The van der Waals surface area contributed by atoms with E-state index in [9.17, 15) is 5.11 Å². The number of hydrogen-bond donors (Lipinski definition) is 1. The van der Waals surface area contributed by atoms with Crippen LogP contribution in [-0.4, -0.2) is 17.8 Å². The minimum absolute atomic E-state index is 0.187. The molecule has 1 atom stereocenters. The normalized spacial score (nSPS) is 18.1. The fraction of sp³-hybridized carbons (Fsp3) is 0.429. The Morgan fingerprint density at radius 2 is 2.17 bits per heavy atom. The van der Waals surface area contributed by atoms with E-state index in [0.717, 1.165) is 37.7 Å². The van der Waals surface area contributed by atoms with Crippen LogP contribution in [0.3, 0.4) is 0 Å². The van der Waals surface area contributed by atoms with Crippen molar-refractivity contribution in [3.05, 3.63) is 59.2 Å². The van der Waals surface area contributed by atoms with E-state index >= 15 is 0 Å². The van der Waals surface area contributed by atoms with Crippen LogP contribution in [0.2, 0.25) is 0 Å². The molecule has 1 heterocycles. The Bertz CT molecular complexity index is 596. The molecule has 0 fully saturated rings. The number of hydrogen-bond acceptors (Lipinski definition) is 2. The zero-order valence-corrected chi connectivity index (χ0v) is 14.3. The van der Waals surface area contributed by atoms with Crippen LogP contribution in [0, 0.1) is 0 Å². The Kier molecular flexibility index (Phi) is 6.66. The Balaban J connectivity index is 2.03. The molecular formula is C21H28O2. The van der Waals surface area contributed by atoms with E-state index in [4.69, 9.17) is 4.74 Å². The van der Waals surface area contributed by atoms with Gasteiger partial charge in [-0.05, 0) is 54.5 Å². The minimum atomic E-state index is 0.187. The van der Waals surface area contributed by atoms with Crippen LogP contribution < -0.4 is 0 Å². The van der Waals surface area contributed by atoms with Crippen LogP contribution in [-0.2, 0) is 4.74 Å². The van der Waals surface area contributed by atoms with E-state index in [2.05, 4.69) is 32.6 Å². The van der Waals surface area contributed by atoms with Gasteiger partial charge in [-0.1, -0.05) is 56.7 Å². The van der Waals surface area contributed by atoms with E-state index in [1.54, 1.807) is 6.07 Å². The molecule has 0 aromatic heterocycles. The number of aromatic hydroxyl groups is 1. The van der Waals surface area contributed by atoms with Gasteiger partial charge in [-0.3, -0.25) is 0 Å². The molecule has 0 radical (unpaired) electrons. The van der Waals surface area contributed by atoms with Crippen LogP contribution in [0.25, 0.3) is 6.08 Å². The van der Waals surface area contributed by atoms with Crippen molar-refractivity contribution in [1.82, 2.24) is 0 Å². The molecule has 1 aromatic rings. The van der Waals surface area contributed by atoms with Gasteiger partial charge in [-0.15, -0.1) is 0 Å². The van der Waals surface area contributed by atoms with Crippen LogP contribution >= 0.6 is 0 Å². The molecule has 124 valence electrons. The highest BCUT2D eigenvalue weighted by atomic mass is 16.5. The molecule has 0 spiro atoms. The summed E-state index contributed by atoms with van der Waals surface area (Å²) in [5.41, 5.74) is 4.96. The predicted molar refractivity (Wildman–Crippen MR) is 97.5 cm³/mol. The van der Waals surface area contributed by atoms with Gasteiger partial charge in [-0.25, -0.2) is 0 Å². The number of benzene rings is 1. The van der Waals surface area contributed by atoms with Gasteiger partial charge in [0.15, 0.2) is 0 Å². The molecule has 2 heteroatoms.